The lowest BCUT2D eigenvalue weighted by atomic mass is 10.1. The third-order valence-corrected chi connectivity index (χ3v) is 4.77. The average molecular weight is 259 g/mol. The Bertz CT molecular complexity index is 795. The van der Waals surface area contributed by atoms with Crippen molar-refractivity contribution in [2.24, 2.45) is 7.05 Å². The Labute approximate surface area is 108 Å². The molecule has 0 saturated heterocycles. The van der Waals surface area contributed by atoms with Crippen LogP contribution in [0.15, 0.2) is 18.2 Å². The van der Waals surface area contributed by atoms with Crippen molar-refractivity contribution >= 4 is 38.4 Å². The number of hydrogen-bond donors (Lipinski definition) is 1. The van der Waals surface area contributed by atoms with E-state index >= 15 is 0 Å². The van der Waals surface area contributed by atoms with Crippen molar-refractivity contribution in [3.8, 4) is 0 Å². The van der Waals surface area contributed by atoms with Crippen LogP contribution in [0.5, 0.6) is 0 Å². The third-order valence-electron chi connectivity index (χ3n) is 3.41. The molecule has 0 aliphatic carbocycles. The summed E-state index contributed by atoms with van der Waals surface area (Å²) >= 11 is 1.35. The zero-order chi connectivity index (χ0) is 13.0. The summed E-state index contributed by atoms with van der Waals surface area (Å²) in [6.07, 6.45) is 0. The number of aromatic nitrogens is 1. The second-order valence-corrected chi connectivity index (χ2v) is 5.62. The van der Waals surface area contributed by atoms with E-state index in [1.807, 2.05) is 14.0 Å². The second-order valence-electron chi connectivity index (χ2n) is 4.62. The number of fused-ring (bicyclic) bond motifs is 3. The molecule has 3 rings (SSSR count). The number of nitrogens with zero attached hydrogens (tertiary/aromatic N) is 1. The van der Waals surface area contributed by atoms with Crippen LogP contribution in [0.4, 0.5) is 0 Å². The summed E-state index contributed by atoms with van der Waals surface area (Å²) in [5, 5.41) is 11.4. The van der Waals surface area contributed by atoms with Gasteiger partial charge in [-0.3, -0.25) is 0 Å². The minimum Gasteiger partial charge on any atom is -0.477 e. The second kappa shape index (κ2) is 3.59. The van der Waals surface area contributed by atoms with Crippen LogP contribution >= 0.6 is 11.3 Å². The van der Waals surface area contributed by atoms with E-state index in [0.29, 0.717) is 4.88 Å². The molecule has 2 aromatic heterocycles. The number of hydrogen-bond acceptors (Lipinski definition) is 2. The van der Waals surface area contributed by atoms with Gasteiger partial charge in [-0.2, -0.15) is 0 Å². The summed E-state index contributed by atoms with van der Waals surface area (Å²) in [7, 11) is 1.99. The zero-order valence-corrected chi connectivity index (χ0v) is 11.3. The van der Waals surface area contributed by atoms with E-state index < -0.39 is 5.97 Å². The van der Waals surface area contributed by atoms with Gasteiger partial charge < -0.3 is 9.67 Å². The highest BCUT2D eigenvalue weighted by molar-refractivity contribution is 7.20. The molecule has 0 unspecified atom stereocenters. The fourth-order valence-corrected chi connectivity index (χ4v) is 3.64. The van der Waals surface area contributed by atoms with Crippen molar-refractivity contribution < 1.29 is 9.90 Å². The van der Waals surface area contributed by atoms with Crippen LogP contribution in [0.3, 0.4) is 0 Å². The SMILES string of the molecule is Cc1ccc2c(c1)c1c(C)c(C(=O)O)sc1n2C. The molecule has 3 nitrogen and oxygen atoms in total. The number of carboxylic acid groups (broad SMARTS) is 1. The van der Waals surface area contributed by atoms with Crippen molar-refractivity contribution in [1.29, 1.82) is 0 Å². The standard InChI is InChI=1S/C14H13NO2S/c1-7-4-5-10-9(6-7)11-8(2)12(14(16)17)18-13(11)15(10)3/h4-6H,1-3H3,(H,16,17). The molecular weight excluding hydrogens is 246 g/mol. The van der Waals surface area contributed by atoms with E-state index in [0.717, 1.165) is 26.7 Å². The zero-order valence-electron chi connectivity index (χ0n) is 10.4. The molecule has 0 fully saturated rings. The first kappa shape index (κ1) is 11.3. The van der Waals surface area contributed by atoms with Gasteiger partial charge in [0.25, 0.3) is 0 Å². The van der Waals surface area contributed by atoms with Crippen LogP contribution in [0.2, 0.25) is 0 Å². The van der Waals surface area contributed by atoms with Crippen LogP contribution in [0.25, 0.3) is 21.1 Å². The molecule has 0 aliphatic heterocycles. The molecule has 0 atom stereocenters. The highest BCUT2D eigenvalue weighted by atomic mass is 32.1. The van der Waals surface area contributed by atoms with Gasteiger partial charge in [0.05, 0.1) is 0 Å². The van der Waals surface area contributed by atoms with Crippen LogP contribution in [-0.4, -0.2) is 15.6 Å². The average Bonchev–Trinajstić information content (AvgIpc) is 2.77. The van der Waals surface area contributed by atoms with Gasteiger partial charge in [-0.25, -0.2) is 4.79 Å². The largest absolute Gasteiger partial charge is 0.477 e. The Morgan fingerprint density at radius 3 is 2.72 bits per heavy atom. The molecule has 0 spiro atoms. The number of aryl methyl sites for hydroxylation is 3. The Hall–Kier alpha value is -1.81. The van der Waals surface area contributed by atoms with Crippen molar-refractivity contribution in [2.75, 3.05) is 0 Å². The van der Waals surface area contributed by atoms with Crippen molar-refractivity contribution in [3.63, 3.8) is 0 Å². The summed E-state index contributed by atoms with van der Waals surface area (Å²) in [5.41, 5.74) is 3.22. The van der Waals surface area contributed by atoms with Gasteiger partial charge in [-0.15, -0.1) is 11.3 Å². The van der Waals surface area contributed by atoms with E-state index in [1.165, 1.54) is 16.9 Å². The van der Waals surface area contributed by atoms with Crippen molar-refractivity contribution in [2.45, 2.75) is 13.8 Å². The molecule has 0 aliphatic rings. The Balaban J connectivity index is 2.55. The fourth-order valence-electron chi connectivity index (χ4n) is 2.51. The van der Waals surface area contributed by atoms with Gasteiger partial charge in [-0.05, 0) is 31.5 Å². The van der Waals surface area contributed by atoms with Gasteiger partial charge in [-0.1, -0.05) is 11.6 Å². The maximum absolute atomic E-state index is 11.2. The highest BCUT2D eigenvalue weighted by Crippen LogP contribution is 2.38. The smallest absolute Gasteiger partial charge is 0.346 e. The molecule has 3 aromatic rings. The lowest BCUT2D eigenvalue weighted by molar-refractivity contribution is 0.0701. The Morgan fingerprint density at radius 1 is 1.33 bits per heavy atom. The lowest BCUT2D eigenvalue weighted by Gasteiger charge is -1.98. The first-order valence-electron chi connectivity index (χ1n) is 5.72. The molecule has 92 valence electrons. The Morgan fingerprint density at radius 2 is 2.06 bits per heavy atom. The van der Waals surface area contributed by atoms with Crippen LogP contribution < -0.4 is 0 Å². The van der Waals surface area contributed by atoms with Gasteiger partial charge in [0.15, 0.2) is 0 Å². The molecule has 2 heterocycles. The first-order valence-corrected chi connectivity index (χ1v) is 6.53. The molecule has 0 amide bonds. The predicted molar refractivity (Wildman–Crippen MR) is 74.7 cm³/mol. The maximum Gasteiger partial charge on any atom is 0.346 e. The summed E-state index contributed by atoms with van der Waals surface area (Å²) in [6.45, 7) is 3.95. The van der Waals surface area contributed by atoms with Gasteiger partial charge in [0.2, 0.25) is 0 Å². The molecule has 1 N–H and O–H groups in total. The summed E-state index contributed by atoms with van der Waals surface area (Å²) < 4.78 is 2.08. The summed E-state index contributed by atoms with van der Waals surface area (Å²) in [5.74, 6) is -0.838. The number of carboxylic acids is 1. The van der Waals surface area contributed by atoms with E-state index in [9.17, 15) is 9.90 Å². The lowest BCUT2D eigenvalue weighted by Crippen LogP contribution is -1.94. The van der Waals surface area contributed by atoms with Gasteiger partial charge >= 0.3 is 5.97 Å². The quantitative estimate of drug-likeness (QED) is 0.724. The number of carbonyl (C=O) groups is 1. The normalized spacial score (nSPS) is 11.5. The molecule has 0 saturated carbocycles. The number of aromatic carboxylic acids is 1. The van der Waals surface area contributed by atoms with Crippen LogP contribution in [0.1, 0.15) is 20.8 Å². The monoisotopic (exact) mass is 259 g/mol. The number of thiophene rings is 1. The number of benzene rings is 1. The highest BCUT2D eigenvalue weighted by Gasteiger charge is 2.19. The van der Waals surface area contributed by atoms with E-state index in [1.54, 1.807) is 0 Å². The van der Waals surface area contributed by atoms with Crippen LogP contribution in [-0.2, 0) is 7.05 Å². The Kier molecular flexibility index (Phi) is 2.25. The minimum absolute atomic E-state index is 0.444. The van der Waals surface area contributed by atoms with E-state index in [4.69, 9.17) is 0 Å². The third kappa shape index (κ3) is 1.32. The summed E-state index contributed by atoms with van der Waals surface area (Å²) in [4.78, 5) is 12.7. The fraction of sp³-hybridized carbons (Fsp3) is 0.214. The summed E-state index contributed by atoms with van der Waals surface area (Å²) in [6, 6.07) is 6.31. The van der Waals surface area contributed by atoms with Gasteiger partial charge in [0, 0.05) is 23.3 Å². The molecule has 0 bridgehead atoms. The van der Waals surface area contributed by atoms with Crippen LogP contribution in [0, 0.1) is 13.8 Å². The van der Waals surface area contributed by atoms with E-state index in [-0.39, 0.29) is 0 Å². The predicted octanol–water partition coefficient (Wildman–Crippen LogP) is 3.71. The molecule has 0 radical (unpaired) electrons. The maximum atomic E-state index is 11.2. The first-order chi connectivity index (χ1) is 8.50. The van der Waals surface area contributed by atoms with Crippen molar-refractivity contribution in [3.05, 3.63) is 34.2 Å². The molecule has 4 heteroatoms. The van der Waals surface area contributed by atoms with Gasteiger partial charge in [0.1, 0.15) is 9.71 Å². The topological polar surface area (TPSA) is 42.2 Å². The molecule has 1 aromatic carbocycles. The van der Waals surface area contributed by atoms with E-state index in [2.05, 4.69) is 29.7 Å². The van der Waals surface area contributed by atoms with Crippen molar-refractivity contribution in [1.82, 2.24) is 4.57 Å². The molecular formula is C14H13NO2S. The molecule has 18 heavy (non-hydrogen) atoms. The number of rotatable bonds is 1. The minimum atomic E-state index is -0.838.